The summed E-state index contributed by atoms with van der Waals surface area (Å²) in [6, 6.07) is 7.42. The van der Waals surface area contributed by atoms with Crippen molar-refractivity contribution in [3.05, 3.63) is 34.3 Å². The van der Waals surface area contributed by atoms with Gasteiger partial charge in [0.15, 0.2) is 0 Å². The van der Waals surface area contributed by atoms with E-state index in [1.165, 1.54) is 0 Å². The maximum absolute atomic E-state index is 12.0. The predicted molar refractivity (Wildman–Crippen MR) is 94.0 cm³/mol. The molecule has 2 amide bonds. The molecule has 6 heteroatoms. The lowest BCUT2D eigenvalue weighted by atomic mass is 9.85. The van der Waals surface area contributed by atoms with Crippen molar-refractivity contribution in [3.8, 4) is 0 Å². The van der Waals surface area contributed by atoms with Gasteiger partial charge in [-0.25, -0.2) is 0 Å². The monoisotopic (exact) mass is 381 g/mol. The number of hydrogen-bond acceptors (Lipinski definition) is 3. The zero-order chi connectivity index (χ0) is 16.7. The number of nitrogens with one attached hydrogen (secondary N) is 2. The van der Waals surface area contributed by atoms with E-state index in [2.05, 4.69) is 26.6 Å². The summed E-state index contributed by atoms with van der Waals surface area (Å²) in [4.78, 5) is 24.0. The van der Waals surface area contributed by atoms with Gasteiger partial charge in [-0.15, -0.1) is 0 Å². The molecular weight excluding hydrogens is 358 g/mol. The molecule has 1 saturated carbocycles. The number of rotatable bonds is 6. The highest BCUT2D eigenvalue weighted by Crippen LogP contribution is 2.22. The Bertz CT molecular complexity index is 550. The Labute approximate surface area is 145 Å². The lowest BCUT2D eigenvalue weighted by Crippen LogP contribution is -2.38. The number of halogens is 1. The van der Waals surface area contributed by atoms with Gasteiger partial charge in [-0.3, -0.25) is 9.59 Å². The number of carbonyl (C=O) groups is 2. The SMILES string of the molecule is NC1CCCC(C(=O)NCCCNC(=O)c2cccc(Br)c2)C1. The van der Waals surface area contributed by atoms with Crippen molar-refractivity contribution >= 4 is 27.7 Å². The van der Waals surface area contributed by atoms with E-state index in [-0.39, 0.29) is 23.8 Å². The minimum absolute atomic E-state index is 0.0509. The number of nitrogens with two attached hydrogens (primary N) is 1. The van der Waals surface area contributed by atoms with Gasteiger partial charge in [-0.05, 0) is 43.9 Å². The third-order valence-electron chi connectivity index (χ3n) is 4.11. The first-order valence-corrected chi connectivity index (χ1v) is 8.92. The smallest absolute Gasteiger partial charge is 0.251 e. The number of hydrogen-bond donors (Lipinski definition) is 3. The summed E-state index contributed by atoms with van der Waals surface area (Å²) in [6.45, 7) is 1.11. The van der Waals surface area contributed by atoms with Crippen LogP contribution in [0.1, 0.15) is 42.5 Å². The second-order valence-electron chi connectivity index (χ2n) is 6.03. The Kier molecular flexibility index (Phi) is 7.05. The molecule has 2 atom stereocenters. The molecule has 2 unspecified atom stereocenters. The lowest BCUT2D eigenvalue weighted by Gasteiger charge is -2.25. The van der Waals surface area contributed by atoms with Crippen LogP contribution >= 0.6 is 15.9 Å². The van der Waals surface area contributed by atoms with E-state index in [1.54, 1.807) is 12.1 Å². The van der Waals surface area contributed by atoms with Crippen LogP contribution in [0.4, 0.5) is 0 Å². The van der Waals surface area contributed by atoms with E-state index >= 15 is 0 Å². The highest BCUT2D eigenvalue weighted by atomic mass is 79.9. The van der Waals surface area contributed by atoms with Gasteiger partial charge in [0.2, 0.25) is 5.91 Å². The number of carbonyl (C=O) groups excluding carboxylic acids is 2. The Morgan fingerprint density at radius 1 is 1.22 bits per heavy atom. The molecule has 0 aromatic heterocycles. The number of benzene rings is 1. The fourth-order valence-corrected chi connectivity index (χ4v) is 3.24. The molecular formula is C17H24BrN3O2. The third-order valence-corrected chi connectivity index (χ3v) is 4.60. The molecule has 1 fully saturated rings. The fraction of sp³-hybridized carbons (Fsp3) is 0.529. The van der Waals surface area contributed by atoms with Gasteiger partial charge in [-0.1, -0.05) is 28.4 Å². The van der Waals surface area contributed by atoms with Crippen molar-refractivity contribution in [2.45, 2.75) is 38.1 Å². The van der Waals surface area contributed by atoms with Crippen LogP contribution in [0.15, 0.2) is 28.7 Å². The van der Waals surface area contributed by atoms with Crippen LogP contribution in [0.5, 0.6) is 0 Å². The van der Waals surface area contributed by atoms with Crippen LogP contribution in [-0.2, 0) is 4.79 Å². The van der Waals surface area contributed by atoms with Gasteiger partial charge in [0.1, 0.15) is 0 Å². The van der Waals surface area contributed by atoms with Gasteiger partial charge in [0, 0.05) is 35.1 Å². The van der Waals surface area contributed by atoms with Crippen LogP contribution in [-0.4, -0.2) is 30.9 Å². The fourth-order valence-electron chi connectivity index (χ4n) is 2.84. The zero-order valence-electron chi connectivity index (χ0n) is 13.2. The predicted octanol–water partition coefficient (Wildman–Crippen LogP) is 2.20. The average molecular weight is 382 g/mol. The van der Waals surface area contributed by atoms with Gasteiger partial charge >= 0.3 is 0 Å². The molecule has 0 radical (unpaired) electrons. The Hall–Kier alpha value is -1.40. The average Bonchev–Trinajstić information content (AvgIpc) is 2.54. The van der Waals surface area contributed by atoms with E-state index in [0.717, 1.165) is 30.2 Å². The largest absolute Gasteiger partial charge is 0.356 e. The first kappa shape index (κ1) is 17.9. The molecule has 2 rings (SSSR count). The van der Waals surface area contributed by atoms with E-state index in [1.807, 2.05) is 12.1 Å². The molecule has 0 heterocycles. The normalized spacial score (nSPS) is 20.8. The van der Waals surface area contributed by atoms with Crippen LogP contribution in [0.2, 0.25) is 0 Å². The van der Waals surface area contributed by atoms with Crippen molar-refractivity contribution in [2.75, 3.05) is 13.1 Å². The highest BCUT2D eigenvalue weighted by Gasteiger charge is 2.24. The molecule has 1 aliphatic rings. The van der Waals surface area contributed by atoms with Crippen LogP contribution in [0.25, 0.3) is 0 Å². The van der Waals surface area contributed by atoms with Crippen molar-refractivity contribution < 1.29 is 9.59 Å². The molecule has 1 aliphatic carbocycles. The van der Waals surface area contributed by atoms with E-state index in [0.29, 0.717) is 25.1 Å². The van der Waals surface area contributed by atoms with E-state index < -0.39 is 0 Å². The van der Waals surface area contributed by atoms with Crippen LogP contribution in [0.3, 0.4) is 0 Å². The van der Waals surface area contributed by atoms with Crippen LogP contribution in [0, 0.1) is 5.92 Å². The molecule has 0 saturated heterocycles. The summed E-state index contributed by atoms with van der Waals surface area (Å²) >= 11 is 3.34. The van der Waals surface area contributed by atoms with Gasteiger partial charge in [-0.2, -0.15) is 0 Å². The Morgan fingerprint density at radius 3 is 2.74 bits per heavy atom. The molecule has 126 valence electrons. The third kappa shape index (κ3) is 5.95. The summed E-state index contributed by atoms with van der Waals surface area (Å²) in [5.74, 6) is 0.0457. The summed E-state index contributed by atoms with van der Waals surface area (Å²) < 4.78 is 0.878. The zero-order valence-corrected chi connectivity index (χ0v) is 14.8. The minimum Gasteiger partial charge on any atom is -0.356 e. The van der Waals surface area contributed by atoms with Crippen molar-refractivity contribution in [1.82, 2.24) is 10.6 Å². The van der Waals surface area contributed by atoms with Crippen molar-refractivity contribution in [3.63, 3.8) is 0 Å². The van der Waals surface area contributed by atoms with Gasteiger partial charge < -0.3 is 16.4 Å². The van der Waals surface area contributed by atoms with E-state index in [9.17, 15) is 9.59 Å². The Morgan fingerprint density at radius 2 is 2.00 bits per heavy atom. The quantitative estimate of drug-likeness (QED) is 0.660. The molecule has 23 heavy (non-hydrogen) atoms. The second kappa shape index (κ2) is 9.03. The molecule has 0 spiro atoms. The topological polar surface area (TPSA) is 84.2 Å². The lowest BCUT2D eigenvalue weighted by molar-refractivity contribution is -0.126. The minimum atomic E-state index is -0.101. The maximum Gasteiger partial charge on any atom is 0.251 e. The molecule has 5 nitrogen and oxygen atoms in total. The highest BCUT2D eigenvalue weighted by molar-refractivity contribution is 9.10. The first-order valence-electron chi connectivity index (χ1n) is 8.13. The second-order valence-corrected chi connectivity index (χ2v) is 6.95. The molecule has 1 aromatic rings. The maximum atomic E-state index is 12.0. The van der Waals surface area contributed by atoms with E-state index in [4.69, 9.17) is 5.73 Å². The van der Waals surface area contributed by atoms with Crippen molar-refractivity contribution in [2.24, 2.45) is 11.7 Å². The van der Waals surface area contributed by atoms with Crippen LogP contribution < -0.4 is 16.4 Å². The van der Waals surface area contributed by atoms with Crippen molar-refractivity contribution in [1.29, 1.82) is 0 Å². The summed E-state index contributed by atoms with van der Waals surface area (Å²) in [6.07, 6.45) is 4.47. The summed E-state index contributed by atoms with van der Waals surface area (Å²) in [7, 11) is 0. The molecule has 4 N–H and O–H groups in total. The summed E-state index contributed by atoms with van der Waals surface area (Å²) in [5, 5.41) is 5.80. The molecule has 0 aliphatic heterocycles. The molecule has 0 bridgehead atoms. The molecule has 1 aromatic carbocycles. The standard InChI is InChI=1S/C17H24BrN3O2/c18-14-6-1-4-12(10-14)16(22)20-8-3-9-21-17(23)13-5-2-7-15(19)11-13/h1,4,6,10,13,15H,2-3,5,7-9,11,19H2,(H,20,22)(H,21,23). The summed E-state index contributed by atoms with van der Waals surface area (Å²) in [5.41, 5.74) is 6.53. The first-order chi connectivity index (χ1) is 11.1. The number of amides is 2. The van der Waals surface area contributed by atoms with Gasteiger partial charge in [0.05, 0.1) is 0 Å². The Balaban J connectivity index is 1.62. The van der Waals surface area contributed by atoms with Gasteiger partial charge in [0.25, 0.3) is 5.91 Å².